The van der Waals surface area contributed by atoms with Crippen LogP contribution >= 0.6 is 11.8 Å². The molecule has 1 aliphatic heterocycles. The molecule has 1 aromatic rings. The van der Waals surface area contributed by atoms with E-state index in [4.69, 9.17) is 5.73 Å². The van der Waals surface area contributed by atoms with Crippen molar-refractivity contribution in [3.8, 4) is 0 Å². The Morgan fingerprint density at radius 1 is 1.23 bits per heavy atom. The molecule has 0 aromatic heterocycles. The molecular weight excluding hydrogens is 348 g/mol. The van der Waals surface area contributed by atoms with E-state index >= 15 is 0 Å². The molecule has 6 nitrogen and oxygen atoms in total. The number of aryl methyl sites for hydroxylation is 1. The number of hydrogen-bond donors (Lipinski definition) is 2. The second-order valence-electron chi connectivity index (χ2n) is 6.55. The van der Waals surface area contributed by atoms with Gasteiger partial charge < -0.3 is 16.0 Å². The third kappa shape index (κ3) is 6.00. The van der Waals surface area contributed by atoms with Gasteiger partial charge in [0.1, 0.15) is 0 Å². The monoisotopic (exact) mass is 378 g/mol. The summed E-state index contributed by atoms with van der Waals surface area (Å²) in [6.45, 7) is 5.08. The zero-order valence-electron chi connectivity index (χ0n) is 15.7. The molecule has 1 heterocycles. The molecule has 0 saturated carbocycles. The van der Waals surface area contributed by atoms with Gasteiger partial charge in [0.15, 0.2) is 0 Å². The van der Waals surface area contributed by atoms with Crippen LogP contribution in [0, 0.1) is 0 Å². The lowest BCUT2D eigenvalue weighted by Gasteiger charge is -2.35. The van der Waals surface area contributed by atoms with Gasteiger partial charge in [0.2, 0.25) is 11.8 Å². The highest BCUT2D eigenvalue weighted by Crippen LogP contribution is 2.15. The Morgan fingerprint density at radius 2 is 1.92 bits per heavy atom. The van der Waals surface area contributed by atoms with E-state index < -0.39 is 6.04 Å². The van der Waals surface area contributed by atoms with Crippen molar-refractivity contribution in [2.75, 3.05) is 50.0 Å². The summed E-state index contributed by atoms with van der Waals surface area (Å²) in [5.74, 6) is 0.911. The highest BCUT2D eigenvalue weighted by Gasteiger charge is 2.25. The molecule has 2 amide bonds. The smallest absolute Gasteiger partial charge is 0.239 e. The number of hydrogen-bond acceptors (Lipinski definition) is 5. The van der Waals surface area contributed by atoms with Crippen LogP contribution in [-0.2, 0) is 16.0 Å². The van der Waals surface area contributed by atoms with Crippen molar-refractivity contribution in [3.63, 3.8) is 0 Å². The number of amides is 2. The van der Waals surface area contributed by atoms with Gasteiger partial charge in [-0.05, 0) is 36.5 Å². The number of nitrogens with two attached hydrogens (primary N) is 1. The third-order valence-electron chi connectivity index (χ3n) is 4.67. The molecule has 0 aliphatic carbocycles. The van der Waals surface area contributed by atoms with Crippen LogP contribution in [0.1, 0.15) is 18.9 Å². The highest BCUT2D eigenvalue weighted by molar-refractivity contribution is 7.98. The van der Waals surface area contributed by atoms with Crippen LogP contribution in [0.4, 0.5) is 5.69 Å². The Labute approximate surface area is 160 Å². The molecule has 3 N–H and O–H groups in total. The fourth-order valence-electron chi connectivity index (χ4n) is 3.07. The van der Waals surface area contributed by atoms with Crippen LogP contribution in [0.5, 0.6) is 0 Å². The lowest BCUT2D eigenvalue weighted by molar-refractivity contribution is -0.134. The summed E-state index contributed by atoms with van der Waals surface area (Å²) in [5, 5.41) is 3.00. The molecule has 1 unspecified atom stereocenters. The summed E-state index contributed by atoms with van der Waals surface area (Å²) < 4.78 is 0. The lowest BCUT2D eigenvalue weighted by atomic mass is 10.1. The maximum absolute atomic E-state index is 12.3. The number of benzene rings is 1. The molecule has 1 atom stereocenters. The van der Waals surface area contributed by atoms with Gasteiger partial charge >= 0.3 is 0 Å². The normalized spacial score (nSPS) is 16.3. The molecule has 1 aromatic carbocycles. The van der Waals surface area contributed by atoms with Crippen LogP contribution in [0.15, 0.2) is 24.3 Å². The number of nitrogens with zero attached hydrogens (tertiary/aromatic N) is 2. The second-order valence-corrected chi connectivity index (χ2v) is 7.53. The molecule has 0 spiro atoms. The molecule has 1 fully saturated rings. The third-order valence-corrected chi connectivity index (χ3v) is 5.32. The molecule has 7 heteroatoms. The van der Waals surface area contributed by atoms with E-state index in [2.05, 4.69) is 17.1 Å². The highest BCUT2D eigenvalue weighted by atomic mass is 32.2. The fraction of sp³-hybridized carbons (Fsp3) is 0.579. The number of thioether (sulfide) groups is 1. The SMILES string of the molecule is CCc1ccccc1NC(=O)CN1CCN(C(=O)C(N)CCSC)CC1. The van der Waals surface area contributed by atoms with E-state index in [-0.39, 0.29) is 11.8 Å². The first-order valence-corrected chi connectivity index (χ1v) is 10.6. The van der Waals surface area contributed by atoms with E-state index in [1.165, 1.54) is 0 Å². The van der Waals surface area contributed by atoms with Crippen LogP contribution in [0.3, 0.4) is 0 Å². The number of nitrogens with one attached hydrogen (secondary N) is 1. The summed E-state index contributed by atoms with van der Waals surface area (Å²) in [6, 6.07) is 7.46. The van der Waals surface area contributed by atoms with Crippen molar-refractivity contribution >= 4 is 29.3 Å². The fourth-order valence-corrected chi connectivity index (χ4v) is 3.56. The van der Waals surface area contributed by atoms with Crippen LogP contribution < -0.4 is 11.1 Å². The Hall–Kier alpha value is -1.57. The van der Waals surface area contributed by atoms with Gasteiger partial charge in [-0.3, -0.25) is 14.5 Å². The number of rotatable bonds is 8. The Kier molecular flexibility index (Phi) is 8.41. The predicted molar refractivity (Wildman–Crippen MR) is 108 cm³/mol. The number of anilines is 1. The lowest BCUT2D eigenvalue weighted by Crippen LogP contribution is -2.54. The van der Waals surface area contributed by atoms with Gasteiger partial charge in [-0.15, -0.1) is 0 Å². The van der Waals surface area contributed by atoms with Gasteiger partial charge in [-0.25, -0.2) is 0 Å². The van der Waals surface area contributed by atoms with Crippen molar-refractivity contribution < 1.29 is 9.59 Å². The summed E-state index contributed by atoms with van der Waals surface area (Å²) in [4.78, 5) is 28.6. The maximum Gasteiger partial charge on any atom is 0.239 e. The van der Waals surface area contributed by atoms with E-state index in [1.807, 2.05) is 35.4 Å². The summed E-state index contributed by atoms with van der Waals surface area (Å²) in [6.07, 6.45) is 3.60. The first-order chi connectivity index (χ1) is 12.5. The molecule has 26 heavy (non-hydrogen) atoms. The van der Waals surface area contributed by atoms with E-state index in [9.17, 15) is 9.59 Å². The van der Waals surface area contributed by atoms with E-state index in [0.29, 0.717) is 39.1 Å². The minimum Gasteiger partial charge on any atom is -0.339 e. The molecule has 0 bridgehead atoms. The zero-order valence-corrected chi connectivity index (χ0v) is 16.6. The van der Waals surface area contributed by atoms with Gasteiger partial charge in [0, 0.05) is 31.9 Å². The van der Waals surface area contributed by atoms with Crippen molar-refractivity contribution in [1.29, 1.82) is 0 Å². The average Bonchev–Trinajstić information content (AvgIpc) is 2.66. The maximum atomic E-state index is 12.3. The zero-order chi connectivity index (χ0) is 18.9. The molecular formula is C19H30N4O2S. The predicted octanol–water partition coefficient (Wildman–Crippen LogP) is 1.41. The van der Waals surface area contributed by atoms with Gasteiger partial charge in [-0.1, -0.05) is 25.1 Å². The van der Waals surface area contributed by atoms with Crippen LogP contribution in [0.2, 0.25) is 0 Å². The Morgan fingerprint density at radius 3 is 2.58 bits per heavy atom. The van der Waals surface area contributed by atoms with E-state index in [0.717, 1.165) is 23.4 Å². The van der Waals surface area contributed by atoms with Crippen LogP contribution in [0.25, 0.3) is 0 Å². The molecule has 1 saturated heterocycles. The first kappa shape index (κ1) is 20.7. The van der Waals surface area contributed by atoms with Crippen molar-refractivity contribution in [1.82, 2.24) is 9.80 Å². The van der Waals surface area contributed by atoms with Gasteiger partial charge in [0.25, 0.3) is 0 Å². The van der Waals surface area contributed by atoms with Crippen molar-refractivity contribution in [2.45, 2.75) is 25.8 Å². The Balaban J connectivity index is 1.77. The summed E-state index contributed by atoms with van der Waals surface area (Å²) >= 11 is 1.70. The second kappa shape index (κ2) is 10.5. The minimum absolute atomic E-state index is 0.0117. The number of carbonyl (C=O) groups excluding carboxylic acids is 2. The Bertz CT molecular complexity index is 603. The van der Waals surface area contributed by atoms with E-state index in [1.54, 1.807) is 11.8 Å². The minimum atomic E-state index is -0.414. The summed E-state index contributed by atoms with van der Waals surface area (Å²) in [5.41, 5.74) is 8.00. The van der Waals surface area contributed by atoms with Gasteiger partial charge in [-0.2, -0.15) is 11.8 Å². The molecule has 0 radical (unpaired) electrons. The first-order valence-electron chi connectivity index (χ1n) is 9.18. The topological polar surface area (TPSA) is 78.7 Å². The largest absolute Gasteiger partial charge is 0.339 e. The summed E-state index contributed by atoms with van der Waals surface area (Å²) in [7, 11) is 0. The number of para-hydroxylation sites is 1. The standard InChI is InChI=1S/C19H30N4O2S/c1-3-15-6-4-5-7-17(15)21-18(24)14-22-9-11-23(12-10-22)19(25)16(20)8-13-26-2/h4-7,16H,3,8-14,20H2,1-2H3,(H,21,24). The number of piperazine rings is 1. The van der Waals surface area contributed by atoms with Crippen molar-refractivity contribution in [2.24, 2.45) is 5.73 Å². The van der Waals surface area contributed by atoms with Crippen molar-refractivity contribution in [3.05, 3.63) is 29.8 Å². The number of carbonyl (C=O) groups is 2. The molecule has 144 valence electrons. The molecule has 2 rings (SSSR count). The quantitative estimate of drug-likeness (QED) is 0.715. The molecule has 1 aliphatic rings. The average molecular weight is 379 g/mol. The van der Waals surface area contributed by atoms with Gasteiger partial charge in [0.05, 0.1) is 12.6 Å². The van der Waals surface area contributed by atoms with Crippen LogP contribution in [-0.4, -0.2) is 72.4 Å².